The first-order valence-corrected chi connectivity index (χ1v) is 6.56. The highest BCUT2D eigenvalue weighted by Gasteiger charge is 2.10. The summed E-state index contributed by atoms with van der Waals surface area (Å²) in [5.41, 5.74) is 0.694. The highest BCUT2D eigenvalue weighted by molar-refractivity contribution is 9.10. The predicted molar refractivity (Wildman–Crippen MR) is 73.5 cm³/mol. The van der Waals surface area contributed by atoms with Crippen LogP contribution in [0.15, 0.2) is 40.9 Å². The number of carbonyl (C=O) groups is 1. The van der Waals surface area contributed by atoms with Gasteiger partial charge in [-0.3, -0.25) is 4.79 Å². The van der Waals surface area contributed by atoms with E-state index >= 15 is 0 Å². The molecule has 0 aliphatic carbocycles. The third-order valence-corrected chi connectivity index (χ3v) is 3.76. The molecular formula is C14H8BrClF2O. The fraction of sp³-hybridized carbons (Fsp3) is 0.0714. The van der Waals surface area contributed by atoms with Crippen molar-refractivity contribution in [1.82, 2.24) is 0 Å². The minimum absolute atomic E-state index is 0.0767. The van der Waals surface area contributed by atoms with Crippen molar-refractivity contribution in [3.8, 4) is 0 Å². The quantitative estimate of drug-likeness (QED) is 0.730. The van der Waals surface area contributed by atoms with Crippen LogP contribution in [0.2, 0.25) is 5.02 Å². The van der Waals surface area contributed by atoms with Crippen LogP contribution in [0, 0.1) is 11.6 Å². The van der Waals surface area contributed by atoms with Crippen molar-refractivity contribution in [2.24, 2.45) is 0 Å². The minimum Gasteiger partial charge on any atom is -0.294 e. The third-order valence-electron chi connectivity index (χ3n) is 2.53. The highest BCUT2D eigenvalue weighted by atomic mass is 79.9. The number of hydrogen-bond acceptors (Lipinski definition) is 1. The van der Waals surface area contributed by atoms with Gasteiger partial charge in [0, 0.05) is 22.5 Å². The second-order valence-corrected chi connectivity index (χ2v) is 5.27. The summed E-state index contributed by atoms with van der Waals surface area (Å²) in [6, 6.07) is 7.83. The van der Waals surface area contributed by atoms with Crippen LogP contribution in [0.25, 0.3) is 0 Å². The summed E-state index contributed by atoms with van der Waals surface area (Å²) in [5, 5.41) is 0.413. The first-order chi connectivity index (χ1) is 8.95. The lowest BCUT2D eigenvalue weighted by molar-refractivity contribution is 0.0993. The van der Waals surface area contributed by atoms with Gasteiger partial charge in [0.05, 0.1) is 5.02 Å². The van der Waals surface area contributed by atoms with E-state index in [1.54, 1.807) is 12.1 Å². The van der Waals surface area contributed by atoms with Gasteiger partial charge in [-0.25, -0.2) is 8.78 Å². The Bertz CT molecular complexity index is 623. The third kappa shape index (κ3) is 3.61. The molecule has 0 aliphatic rings. The van der Waals surface area contributed by atoms with Crippen LogP contribution in [0.1, 0.15) is 15.9 Å². The largest absolute Gasteiger partial charge is 0.294 e. The zero-order chi connectivity index (χ0) is 14.0. The van der Waals surface area contributed by atoms with E-state index in [4.69, 9.17) is 11.6 Å². The molecule has 0 N–H and O–H groups in total. The Labute approximate surface area is 122 Å². The van der Waals surface area contributed by atoms with Gasteiger partial charge in [0.1, 0.15) is 11.6 Å². The molecule has 0 saturated heterocycles. The van der Waals surface area contributed by atoms with E-state index in [9.17, 15) is 13.6 Å². The van der Waals surface area contributed by atoms with Gasteiger partial charge in [0.15, 0.2) is 5.78 Å². The summed E-state index contributed by atoms with van der Waals surface area (Å²) in [6.45, 7) is 0. The fourth-order valence-electron chi connectivity index (χ4n) is 1.67. The molecule has 0 bridgehead atoms. The molecule has 2 rings (SSSR count). The van der Waals surface area contributed by atoms with E-state index in [0.29, 0.717) is 20.6 Å². The molecule has 0 atom stereocenters. The topological polar surface area (TPSA) is 17.1 Å². The minimum atomic E-state index is -0.698. The van der Waals surface area contributed by atoms with Gasteiger partial charge in [-0.1, -0.05) is 17.7 Å². The maximum atomic E-state index is 13.0. The van der Waals surface area contributed by atoms with E-state index in [-0.39, 0.29) is 12.2 Å². The van der Waals surface area contributed by atoms with Crippen LogP contribution in [-0.4, -0.2) is 5.78 Å². The summed E-state index contributed by atoms with van der Waals surface area (Å²) in [7, 11) is 0. The highest BCUT2D eigenvalue weighted by Crippen LogP contribution is 2.24. The first kappa shape index (κ1) is 14.2. The van der Waals surface area contributed by atoms with Crippen molar-refractivity contribution in [3.63, 3.8) is 0 Å². The van der Waals surface area contributed by atoms with E-state index < -0.39 is 11.6 Å². The van der Waals surface area contributed by atoms with Crippen LogP contribution in [-0.2, 0) is 6.42 Å². The summed E-state index contributed by atoms with van der Waals surface area (Å²) in [6.07, 6.45) is -0.0767. The standard InChI is InChI=1S/C14H8BrClF2O/c15-12-2-1-9(6-13(12)16)14(19)5-8-3-10(17)7-11(18)4-8/h1-4,6-7H,5H2. The maximum Gasteiger partial charge on any atom is 0.167 e. The van der Waals surface area contributed by atoms with Crippen molar-refractivity contribution in [3.05, 3.63) is 68.7 Å². The lowest BCUT2D eigenvalue weighted by atomic mass is 10.0. The van der Waals surface area contributed by atoms with Gasteiger partial charge in [-0.05, 0) is 45.8 Å². The number of benzene rings is 2. The van der Waals surface area contributed by atoms with Gasteiger partial charge in [0.2, 0.25) is 0 Å². The Morgan fingerprint density at radius 2 is 1.74 bits per heavy atom. The molecular weight excluding hydrogens is 338 g/mol. The molecule has 0 aliphatic heterocycles. The van der Waals surface area contributed by atoms with Crippen LogP contribution >= 0.6 is 27.5 Å². The van der Waals surface area contributed by atoms with E-state index in [1.807, 2.05) is 0 Å². The molecule has 5 heteroatoms. The Kier molecular flexibility index (Phi) is 4.32. The summed E-state index contributed by atoms with van der Waals surface area (Å²) in [4.78, 5) is 12.0. The van der Waals surface area contributed by atoms with E-state index in [1.165, 1.54) is 6.07 Å². The van der Waals surface area contributed by atoms with Crippen molar-refractivity contribution >= 4 is 33.3 Å². The summed E-state index contributed by atoms with van der Waals surface area (Å²) in [5.74, 6) is -1.65. The molecule has 0 aromatic heterocycles. The predicted octanol–water partition coefficient (Wildman–Crippen LogP) is 4.81. The molecule has 0 radical (unpaired) electrons. The fourth-order valence-corrected chi connectivity index (χ4v) is 2.10. The average Bonchev–Trinajstić information content (AvgIpc) is 2.31. The molecule has 1 nitrogen and oxygen atoms in total. The molecule has 2 aromatic carbocycles. The van der Waals surface area contributed by atoms with Gasteiger partial charge in [-0.15, -0.1) is 0 Å². The maximum absolute atomic E-state index is 13.0. The van der Waals surface area contributed by atoms with Gasteiger partial charge >= 0.3 is 0 Å². The Morgan fingerprint density at radius 1 is 1.11 bits per heavy atom. The van der Waals surface area contributed by atoms with E-state index in [0.717, 1.165) is 18.2 Å². The zero-order valence-electron chi connectivity index (χ0n) is 9.59. The molecule has 98 valence electrons. The molecule has 0 saturated carbocycles. The molecule has 0 spiro atoms. The van der Waals surface area contributed by atoms with Gasteiger partial charge < -0.3 is 0 Å². The Morgan fingerprint density at radius 3 is 2.32 bits per heavy atom. The second kappa shape index (κ2) is 5.80. The Balaban J connectivity index is 2.22. The molecule has 0 unspecified atom stereocenters. The molecule has 19 heavy (non-hydrogen) atoms. The van der Waals surface area contributed by atoms with Crippen LogP contribution < -0.4 is 0 Å². The lowest BCUT2D eigenvalue weighted by Crippen LogP contribution is -2.04. The number of hydrogen-bond donors (Lipinski definition) is 0. The smallest absolute Gasteiger partial charge is 0.167 e. The van der Waals surface area contributed by atoms with Gasteiger partial charge in [0.25, 0.3) is 0 Å². The zero-order valence-corrected chi connectivity index (χ0v) is 11.9. The normalized spacial score (nSPS) is 10.5. The van der Waals surface area contributed by atoms with Crippen LogP contribution in [0.4, 0.5) is 8.78 Å². The average molecular weight is 346 g/mol. The molecule has 0 amide bonds. The molecule has 2 aromatic rings. The SMILES string of the molecule is O=C(Cc1cc(F)cc(F)c1)c1ccc(Br)c(Cl)c1. The lowest BCUT2D eigenvalue weighted by Gasteiger charge is -2.04. The first-order valence-electron chi connectivity index (χ1n) is 5.39. The monoisotopic (exact) mass is 344 g/mol. The molecule has 0 fully saturated rings. The van der Waals surface area contributed by atoms with E-state index in [2.05, 4.69) is 15.9 Å². The number of Topliss-reactive ketones (excluding diaryl/α,β-unsaturated/α-hetero) is 1. The Hall–Kier alpha value is -1.26. The van der Waals surface area contributed by atoms with Crippen LogP contribution in [0.5, 0.6) is 0 Å². The van der Waals surface area contributed by atoms with Crippen LogP contribution in [0.3, 0.4) is 0 Å². The number of halogens is 4. The van der Waals surface area contributed by atoms with Crippen molar-refractivity contribution in [2.45, 2.75) is 6.42 Å². The van der Waals surface area contributed by atoms with Gasteiger partial charge in [-0.2, -0.15) is 0 Å². The number of rotatable bonds is 3. The summed E-state index contributed by atoms with van der Waals surface area (Å²) < 4.78 is 26.7. The van der Waals surface area contributed by atoms with Crippen molar-refractivity contribution < 1.29 is 13.6 Å². The van der Waals surface area contributed by atoms with Crippen molar-refractivity contribution in [2.75, 3.05) is 0 Å². The number of carbonyl (C=O) groups excluding carboxylic acids is 1. The number of ketones is 1. The summed E-state index contributed by atoms with van der Waals surface area (Å²) >= 11 is 9.11. The van der Waals surface area contributed by atoms with Crippen molar-refractivity contribution in [1.29, 1.82) is 0 Å². The second-order valence-electron chi connectivity index (χ2n) is 4.01. The molecule has 0 heterocycles.